The quantitative estimate of drug-likeness (QED) is 0.517. The van der Waals surface area contributed by atoms with Gasteiger partial charge in [0.25, 0.3) is 0 Å². The molecule has 88 valence electrons. The van der Waals surface area contributed by atoms with E-state index < -0.39 is 0 Å². The van der Waals surface area contributed by atoms with Crippen LogP contribution in [0, 0.1) is 0 Å². The van der Waals surface area contributed by atoms with Crippen molar-refractivity contribution in [3.63, 3.8) is 0 Å². The lowest BCUT2D eigenvalue weighted by molar-refractivity contribution is -0.127. The third-order valence-electron chi connectivity index (χ3n) is 1.90. The van der Waals surface area contributed by atoms with Crippen LogP contribution in [-0.4, -0.2) is 49.9 Å². The second kappa shape index (κ2) is 8.49. The molecule has 0 aliphatic heterocycles. The third-order valence-corrected chi connectivity index (χ3v) is 2.16. The van der Waals surface area contributed by atoms with Crippen LogP contribution >= 0.6 is 11.6 Å². The van der Waals surface area contributed by atoms with Crippen molar-refractivity contribution in [2.45, 2.75) is 12.8 Å². The van der Waals surface area contributed by atoms with Gasteiger partial charge in [0.15, 0.2) is 0 Å². The van der Waals surface area contributed by atoms with Crippen molar-refractivity contribution in [1.29, 1.82) is 0 Å². The summed E-state index contributed by atoms with van der Waals surface area (Å²) in [7, 11) is 2.95. The fraction of sp³-hybridized carbons (Fsp3) is 0.778. The number of rotatable bonds is 6. The molecule has 0 aliphatic carbocycles. The van der Waals surface area contributed by atoms with Crippen molar-refractivity contribution >= 4 is 23.5 Å². The molecule has 0 spiro atoms. The van der Waals surface area contributed by atoms with E-state index >= 15 is 0 Å². The number of carbonyl (C=O) groups is 2. The van der Waals surface area contributed by atoms with Gasteiger partial charge in [-0.1, -0.05) is 0 Å². The van der Waals surface area contributed by atoms with Gasteiger partial charge in [-0.15, -0.1) is 11.6 Å². The lowest BCUT2D eigenvalue weighted by Gasteiger charge is -2.14. The highest BCUT2D eigenvalue weighted by Gasteiger charge is 2.13. The third kappa shape index (κ3) is 6.30. The summed E-state index contributed by atoms with van der Waals surface area (Å²) in [5, 5.41) is 5.45. The Labute approximate surface area is 95.1 Å². The minimum Gasteiger partial charge on any atom is -0.341 e. The van der Waals surface area contributed by atoms with Crippen molar-refractivity contribution < 1.29 is 9.59 Å². The van der Waals surface area contributed by atoms with Crippen LogP contribution < -0.4 is 10.6 Å². The van der Waals surface area contributed by atoms with Crippen LogP contribution in [-0.2, 0) is 4.79 Å². The molecule has 0 radical (unpaired) electrons. The average molecular weight is 236 g/mol. The number of nitrogens with one attached hydrogen (secondary N) is 2. The minimum atomic E-state index is -0.388. The molecule has 0 aliphatic rings. The normalized spacial score (nSPS) is 9.80. The van der Waals surface area contributed by atoms with E-state index in [2.05, 4.69) is 10.6 Å². The van der Waals surface area contributed by atoms with E-state index in [0.29, 0.717) is 18.8 Å². The molecule has 0 atom stereocenters. The highest BCUT2D eigenvalue weighted by Crippen LogP contribution is 1.90. The number of hydrogen-bond acceptors (Lipinski definition) is 3. The smallest absolute Gasteiger partial charge is 0.323 e. The number of hydrogen-bond donors (Lipinski definition) is 2. The number of nitrogens with zero attached hydrogens (tertiary/aromatic N) is 1. The zero-order chi connectivity index (χ0) is 11.7. The topological polar surface area (TPSA) is 61.4 Å². The molecule has 5 nitrogen and oxygen atoms in total. The number of amides is 3. The van der Waals surface area contributed by atoms with Crippen molar-refractivity contribution in [2.75, 3.05) is 33.1 Å². The van der Waals surface area contributed by atoms with Crippen molar-refractivity contribution in [3.05, 3.63) is 0 Å². The Morgan fingerprint density at radius 2 is 2.00 bits per heavy atom. The number of urea groups is 1. The highest BCUT2D eigenvalue weighted by molar-refractivity contribution is 6.17. The molecule has 0 heterocycles. The number of halogens is 1. The van der Waals surface area contributed by atoms with Gasteiger partial charge in [0.2, 0.25) is 5.91 Å². The molecule has 0 rings (SSSR count). The first-order valence-corrected chi connectivity index (χ1v) is 5.42. The second-order valence-electron chi connectivity index (χ2n) is 3.05. The van der Waals surface area contributed by atoms with E-state index in [-0.39, 0.29) is 11.9 Å². The Morgan fingerprint density at radius 3 is 2.53 bits per heavy atom. The van der Waals surface area contributed by atoms with E-state index in [9.17, 15) is 9.59 Å². The van der Waals surface area contributed by atoms with Gasteiger partial charge in [-0.3, -0.25) is 9.69 Å². The number of carbonyl (C=O) groups excluding carboxylic acids is 2. The first-order valence-electron chi connectivity index (χ1n) is 4.88. The molecule has 0 fully saturated rings. The molecule has 0 saturated carbocycles. The van der Waals surface area contributed by atoms with Gasteiger partial charge in [0.05, 0.1) is 0 Å². The lowest BCUT2D eigenvalue weighted by atomic mass is 10.3. The van der Waals surface area contributed by atoms with Crippen LogP contribution in [0.15, 0.2) is 0 Å². The Kier molecular flexibility index (Phi) is 8.04. The SMILES string of the molecule is CNC(=O)N(C)C(=O)CCNCCCCl. The maximum atomic E-state index is 11.4. The van der Waals surface area contributed by atoms with Crippen molar-refractivity contribution in [1.82, 2.24) is 15.5 Å². The molecule has 0 unspecified atom stereocenters. The molecular formula is C9H18ClN3O2. The molecule has 0 bridgehead atoms. The molecule has 3 amide bonds. The van der Waals surface area contributed by atoms with Gasteiger partial charge in [-0.05, 0) is 13.0 Å². The zero-order valence-corrected chi connectivity index (χ0v) is 9.93. The van der Waals surface area contributed by atoms with Crippen LogP contribution in [0.1, 0.15) is 12.8 Å². The summed E-state index contributed by atoms with van der Waals surface area (Å²) in [6.07, 6.45) is 1.19. The van der Waals surface area contributed by atoms with Gasteiger partial charge >= 0.3 is 6.03 Å². The molecule has 0 aromatic carbocycles. The summed E-state index contributed by atoms with van der Waals surface area (Å²) < 4.78 is 0. The Bertz CT molecular complexity index is 212. The summed E-state index contributed by atoms with van der Waals surface area (Å²) in [5.74, 6) is 0.409. The molecule has 15 heavy (non-hydrogen) atoms. The first-order chi connectivity index (χ1) is 7.13. The van der Waals surface area contributed by atoms with Gasteiger partial charge < -0.3 is 10.6 Å². The van der Waals surface area contributed by atoms with E-state index in [1.54, 1.807) is 0 Å². The van der Waals surface area contributed by atoms with Crippen LogP contribution in [0.25, 0.3) is 0 Å². The second-order valence-corrected chi connectivity index (χ2v) is 3.43. The predicted octanol–water partition coefficient (Wildman–Crippen LogP) is 0.393. The maximum absolute atomic E-state index is 11.4. The van der Waals surface area contributed by atoms with Gasteiger partial charge in [0, 0.05) is 32.9 Å². The fourth-order valence-electron chi connectivity index (χ4n) is 0.961. The van der Waals surface area contributed by atoms with E-state index in [4.69, 9.17) is 11.6 Å². The summed E-state index contributed by atoms with van der Waals surface area (Å²) >= 11 is 5.49. The molecule has 0 aromatic heterocycles. The van der Waals surface area contributed by atoms with E-state index in [1.807, 2.05) is 0 Å². The Morgan fingerprint density at radius 1 is 1.33 bits per heavy atom. The maximum Gasteiger partial charge on any atom is 0.323 e. The van der Waals surface area contributed by atoms with Gasteiger partial charge in [-0.25, -0.2) is 4.79 Å². The highest BCUT2D eigenvalue weighted by atomic mass is 35.5. The van der Waals surface area contributed by atoms with Crippen LogP contribution in [0.5, 0.6) is 0 Å². The molecule has 2 N–H and O–H groups in total. The molecule has 0 aromatic rings. The summed E-state index contributed by atoms with van der Waals surface area (Å²) in [5.41, 5.74) is 0. The van der Waals surface area contributed by atoms with E-state index in [0.717, 1.165) is 17.9 Å². The van der Waals surface area contributed by atoms with Crippen molar-refractivity contribution in [2.24, 2.45) is 0 Å². The minimum absolute atomic E-state index is 0.201. The van der Waals surface area contributed by atoms with Gasteiger partial charge in [-0.2, -0.15) is 0 Å². The van der Waals surface area contributed by atoms with Crippen LogP contribution in [0.2, 0.25) is 0 Å². The number of imide groups is 1. The zero-order valence-electron chi connectivity index (χ0n) is 9.18. The standard InChI is InChI=1S/C9H18ClN3O2/c1-11-9(15)13(2)8(14)4-7-12-6-3-5-10/h12H,3-7H2,1-2H3,(H,11,15). The molecule has 6 heteroatoms. The summed E-state index contributed by atoms with van der Waals surface area (Å²) in [4.78, 5) is 23.5. The fourth-order valence-corrected chi connectivity index (χ4v) is 1.09. The Balaban J connectivity index is 3.60. The van der Waals surface area contributed by atoms with Crippen molar-refractivity contribution in [3.8, 4) is 0 Å². The first kappa shape index (κ1) is 14.2. The predicted molar refractivity (Wildman–Crippen MR) is 60.0 cm³/mol. The summed E-state index contributed by atoms with van der Waals surface area (Å²) in [6, 6.07) is -0.388. The van der Waals surface area contributed by atoms with E-state index in [1.165, 1.54) is 14.1 Å². The van der Waals surface area contributed by atoms with Gasteiger partial charge in [0.1, 0.15) is 0 Å². The van der Waals surface area contributed by atoms with Crippen LogP contribution in [0.4, 0.5) is 4.79 Å². The largest absolute Gasteiger partial charge is 0.341 e. The molecular weight excluding hydrogens is 218 g/mol. The Hall–Kier alpha value is -0.810. The summed E-state index contributed by atoms with van der Waals surface area (Å²) in [6.45, 7) is 1.36. The lowest BCUT2D eigenvalue weighted by Crippen LogP contribution is -2.40. The monoisotopic (exact) mass is 235 g/mol. The molecule has 0 saturated heterocycles. The number of alkyl halides is 1. The average Bonchev–Trinajstić information content (AvgIpc) is 2.26. The van der Waals surface area contributed by atoms with Crippen LogP contribution in [0.3, 0.4) is 0 Å².